The van der Waals surface area contributed by atoms with Gasteiger partial charge in [-0.1, -0.05) is 0 Å². The van der Waals surface area contributed by atoms with Gasteiger partial charge < -0.3 is 15.3 Å². The second-order valence-electron chi connectivity index (χ2n) is 6.94. The van der Waals surface area contributed by atoms with Crippen molar-refractivity contribution in [3.8, 4) is 0 Å². The number of nitro groups is 1. The van der Waals surface area contributed by atoms with E-state index in [0.29, 0.717) is 32.5 Å². The molecule has 2 saturated heterocycles. The molecule has 28 heavy (non-hydrogen) atoms. The maximum Gasteiger partial charge on any atom is 0.270 e. The Kier molecular flexibility index (Phi) is 6.16. The highest BCUT2D eigenvalue weighted by Crippen LogP contribution is 2.32. The molecule has 3 rings (SSSR count). The third kappa shape index (κ3) is 4.10. The number of aliphatic hydroxyl groups is 1. The normalized spacial score (nSPS) is 21.1. The predicted octanol–water partition coefficient (Wildman–Crippen LogP) is 0.774. The zero-order chi connectivity index (χ0) is 20.3. The Labute approximate surface area is 163 Å². The highest BCUT2D eigenvalue weighted by molar-refractivity contribution is 7.89. The first-order valence-electron chi connectivity index (χ1n) is 9.29. The summed E-state index contributed by atoms with van der Waals surface area (Å²) < 4.78 is 27.4. The molecule has 0 spiro atoms. The summed E-state index contributed by atoms with van der Waals surface area (Å²) in [5, 5.41) is 23.2. The third-order valence-electron chi connectivity index (χ3n) is 5.09. The van der Waals surface area contributed by atoms with Gasteiger partial charge >= 0.3 is 0 Å². The Morgan fingerprint density at radius 1 is 1.21 bits per heavy atom. The lowest BCUT2D eigenvalue weighted by Gasteiger charge is -2.33. The lowest BCUT2D eigenvalue weighted by molar-refractivity contribution is -0.385. The van der Waals surface area contributed by atoms with Gasteiger partial charge in [0, 0.05) is 38.3 Å². The quantitative estimate of drug-likeness (QED) is 0.499. The molecule has 2 aliphatic heterocycles. The Bertz CT molecular complexity index is 851. The van der Waals surface area contributed by atoms with Crippen molar-refractivity contribution >= 4 is 27.3 Å². The number of β-amino-alcohol motifs (C(OH)–C–C–N with tert-alkyl or cyclic N) is 1. The number of hydrogen-bond acceptors (Lipinski definition) is 7. The van der Waals surface area contributed by atoms with E-state index in [1.165, 1.54) is 21.3 Å². The molecule has 2 fully saturated rings. The van der Waals surface area contributed by atoms with Crippen LogP contribution < -0.4 is 5.32 Å². The summed E-state index contributed by atoms with van der Waals surface area (Å²) in [5.74, 6) is -0.219. The molecule has 0 aromatic heterocycles. The van der Waals surface area contributed by atoms with Gasteiger partial charge in [-0.25, -0.2) is 8.42 Å². The van der Waals surface area contributed by atoms with Gasteiger partial charge in [0.15, 0.2) is 0 Å². The molecule has 2 aliphatic rings. The van der Waals surface area contributed by atoms with Gasteiger partial charge in [0.1, 0.15) is 10.9 Å². The van der Waals surface area contributed by atoms with E-state index >= 15 is 0 Å². The standard InChI is InChI=1S/C17H24N4O6S/c22-11-10-19-7-3-4-15(17(19)23)18-14-6-5-13(21(24)25)12-16(14)28(26,27)20-8-1-2-9-20/h5-6,12,15,18,22H,1-4,7-11H2/t15-/m1/s1. The summed E-state index contributed by atoms with van der Waals surface area (Å²) in [6.45, 7) is 1.35. The van der Waals surface area contributed by atoms with Crippen molar-refractivity contribution in [2.45, 2.75) is 36.6 Å². The topological polar surface area (TPSA) is 133 Å². The van der Waals surface area contributed by atoms with Gasteiger partial charge in [0.25, 0.3) is 5.69 Å². The van der Waals surface area contributed by atoms with Crippen LogP contribution in [0.15, 0.2) is 23.1 Å². The number of carbonyl (C=O) groups is 1. The first-order valence-corrected chi connectivity index (χ1v) is 10.7. The third-order valence-corrected chi connectivity index (χ3v) is 7.03. The first kappa shape index (κ1) is 20.5. The maximum absolute atomic E-state index is 13.1. The fourth-order valence-corrected chi connectivity index (χ4v) is 5.32. The minimum Gasteiger partial charge on any atom is -0.395 e. The zero-order valence-corrected chi connectivity index (χ0v) is 16.2. The van der Waals surface area contributed by atoms with Crippen molar-refractivity contribution in [3.05, 3.63) is 28.3 Å². The lowest BCUT2D eigenvalue weighted by atomic mass is 10.0. The second kappa shape index (κ2) is 8.41. The van der Waals surface area contributed by atoms with Gasteiger partial charge in [-0.2, -0.15) is 4.31 Å². The van der Waals surface area contributed by atoms with Crippen molar-refractivity contribution in [2.24, 2.45) is 0 Å². The number of anilines is 1. The number of nitrogens with zero attached hydrogens (tertiary/aromatic N) is 3. The molecule has 10 nitrogen and oxygen atoms in total. The maximum atomic E-state index is 13.1. The van der Waals surface area contributed by atoms with Crippen LogP contribution in [-0.2, 0) is 14.8 Å². The molecule has 0 aliphatic carbocycles. The molecule has 154 valence electrons. The number of amides is 1. The van der Waals surface area contributed by atoms with Gasteiger partial charge in [-0.3, -0.25) is 14.9 Å². The molecule has 1 aromatic rings. The van der Waals surface area contributed by atoms with Crippen LogP contribution in [0.3, 0.4) is 0 Å². The molecule has 0 bridgehead atoms. The summed E-state index contributed by atoms with van der Waals surface area (Å²) in [7, 11) is -3.92. The lowest BCUT2D eigenvalue weighted by Crippen LogP contribution is -2.48. The summed E-state index contributed by atoms with van der Waals surface area (Å²) >= 11 is 0. The number of nitrogens with one attached hydrogen (secondary N) is 1. The first-order chi connectivity index (χ1) is 13.3. The number of carbonyl (C=O) groups excluding carboxylic acids is 1. The number of non-ortho nitro benzene ring substituents is 1. The van der Waals surface area contributed by atoms with E-state index in [0.717, 1.165) is 18.9 Å². The molecule has 2 heterocycles. The Morgan fingerprint density at radius 2 is 1.93 bits per heavy atom. The van der Waals surface area contributed by atoms with E-state index in [1.807, 2.05) is 0 Å². The summed E-state index contributed by atoms with van der Waals surface area (Å²) in [6.07, 6.45) is 2.72. The van der Waals surface area contributed by atoms with Crippen LogP contribution in [0.1, 0.15) is 25.7 Å². The van der Waals surface area contributed by atoms with E-state index in [-0.39, 0.29) is 35.3 Å². The van der Waals surface area contributed by atoms with Crippen molar-refractivity contribution in [2.75, 3.05) is 38.1 Å². The molecule has 1 amide bonds. The molecule has 1 aromatic carbocycles. The summed E-state index contributed by atoms with van der Waals surface area (Å²) in [5.41, 5.74) is -0.137. The minimum atomic E-state index is -3.92. The number of rotatable bonds is 7. The van der Waals surface area contributed by atoms with Gasteiger partial charge in [0.2, 0.25) is 15.9 Å². The van der Waals surface area contributed by atoms with E-state index < -0.39 is 21.0 Å². The molecule has 11 heteroatoms. The van der Waals surface area contributed by atoms with Crippen molar-refractivity contribution in [3.63, 3.8) is 0 Å². The molecule has 0 saturated carbocycles. The minimum absolute atomic E-state index is 0.148. The number of likely N-dealkylation sites (tertiary alicyclic amines) is 1. The van der Waals surface area contributed by atoms with Gasteiger partial charge in [0.05, 0.1) is 17.2 Å². The SMILES string of the molecule is O=C1[C@H](Nc2ccc([N+](=O)[O-])cc2S(=O)(=O)N2CCCC2)CCCN1CCO. The number of sulfonamides is 1. The van der Waals surface area contributed by atoms with Crippen LogP contribution in [0.4, 0.5) is 11.4 Å². The van der Waals surface area contributed by atoms with E-state index in [4.69, 9.17) is 5.11 Å². The fourth-order valence-electron chi connectivity index (χ4n) is 3.63. The van der Waals surface area contributed by atoms with Gasteiger partial charge in [-0.15, -0.1) is 0 Å². The molecule has 1 atom stereocenters. The van der Waals surface area contributed by atoms with E-state index in [2.05, 4.69) is 5.32 Å². The monoisotopic (exact) mass is 412 g/mol. The number of nitro benzene ring substituents is 1. The predicted molar refractivity (Wildman–Crippen MR) is 101 cm³/mol. The van der Waals surface area contributed by atoms with Crippen molar-refractivity contribution in [1.82, 2.24) is 9.21 Å². The van der Waals surface area contributed by atoms with E-state index in [9.17, 15) is 23.3 Å². The number of benzene rings is 1. The smallest absolute Gasteiger partial charge is 0.270 e. The van der Waals surface area contributed by atoms with Crippen LogP contribution in [0.25, 0.3) is 0 Å². The second-order valence-corrected chi connectivity index (χ2v) is 8.84. The van der Waals surface area contributed by atoms with Crippen LogP contribution in [-0.4, -0.2) is 72.4 Å². The number of aliphatic hydroxyl groups excluding tert-OH is 1. The van der Waals surface area contributed by atoms with Crippen molar-refractivity contribution in [1.29, 1.82) is 0 Å². The molecule has 2 N–H and O–H groups in total. The average Bonchev–Trinajstić information content (AvgIpc) is 3.21. The average molecular weight is 412 g/mol. The van der Waals surface area contributed by atoms with Gasteiger partial charge in [-0.05, 0) is 31.7 Å². The van der Waals surface area contributed by atoms with Crippen LogP contribution in [0.5, 0.6) is 0 Å². The molecule has 0 radical (unpaired) electrons. The molecular weight excluding hydrogens is 388 g/mol. The zero-order valence-electron chi connectivity index (χ0n) is 15.4. The highest BCUT2D eigenvalue weighted by atomic mass is 32.2. The number of piperidine rings is 1. The molecular formula is C17H24N4O6S. The Balaban J connectivity index is 1.94. The largest absolute Gasteiger partial charge is 0.395 e. The number of hydrogen-bond donors (Lipinski definition) is 2. The van der Waals surface area contributed by atoms with Crippen LogP contribution >= 0.6 is 0 Å². The molecule has 0 unspecified atom stereocenters. The van der Waals surface area contributed by atoms with Crippen LogP contribution in [0, 0.1) is 10.1 Å². The summed E-state index contributed by atoms with van der Waals surface area (Å²) in [6, 6.07) is 2.98. The van der Waals surface area contributed by atoms with Crippen LogP contribution in [0.2, 0.25) is 0 Å². The summed E-state index contributed by atoms with van der Waals surface area (Å²) in [4.78, 5) is 24.5. The van der Waals surface area contributed by atoms with E-state index in [1.54, 1.807) is 0 Å². The fraction of sp³-hybridized carbons (Fsp3) is 0.588. The Morgan fingerprint density at radius 3 is 2.57 bits per heavy atom. The highest BCUT2D eigenvalue weighted by Gasteiger charge is 2.34. The van der Waals surface area contributed by atoms with Crippen molar-refractivity contribution < 1.29 is 23.2 Å². The Hall–Kier alpha value is -2.24.